The number of hydrogen-bond acceptors (Lipinski definition) is 7. The molecule has 3 rings (SSSR count). The zero-order valence-electron chi connectivity index (χ0n) is 14.3. The van der Waals surface area contributed by atoms with Gasteiger partial charge in [0.15, 0.2) is 5.16 Å². The molecule has 0 unspecified atom stereocenters. The molecule has 8 heteroatoms. The summed E-state index contributed by atoms with van der Waals surface area (Å²) in [7, 11) is 0. The van der Waals surface area contributed by atoms with E-state index in [1.54, 1.807) is 11.8 Å². The summed E-state index contributed by atoms with van der Waals surface area (Å²) in [6, 6.07) is 7.95. The third-order valence-corrected chi connectivity index (χ3v) is 4.56. The Balaban J connectivity index is 1.73. The van der Waals surface area contributed by atoms with E-state index in [0.29, 0.717) is 17.5 Å². The van der Waals surface area contributed by atoms with Gasteiger partial charge in [0.05, 0.1) is 5.75 Å². The Morgan fingerprint density at radius 3 is 2.84 bits per heavy atom. The van der Waals surface area contributed by atoms with Crippen molar-refractivity contribution in [3.8, 4) is 0 Å². The largest absolute Gasteiger partial charge is 0.368 e. The molecule has 25 heavy (non-hydrogen) atoms. The highest BCUT2D eigenvalue weighted by Crippen LogP contribution is 2.22. The molecule has 0 saturated heterocycles. The lowest BCUT2D eigenvalue weighted by atomic mass is 10.2. The number of benzene rings is 1. The Morgan fingerprint density at radius 1 is 1.20 bits per heavy atom. The number of nitrogens with zero attached hydrogens (tertiary/aromatic N) is 5. The molecule has 0 fully saturated rings. The van der Waals surface area contributed by atoms with E-state index in [9.17, 15) is 0 Å². The van der Waals surface area contributed by atoms with Gasteiger partial charge >= 0.3 is 0 Å². The summed E-state index contributed by atoms with van der Waals surface area (Å²) in [6.07, 6.45) is 4.86. The molecule has 3 N–H and O–H groups in total. The number of para-hydroxylation sites is 1. The fraction of sp³-hybridized carbons (Fsp3) is 0.294. The molecule has 0 saturated carbocycles. The average Bonchev–Trinajstić information content (AvgIpc) is 3.02. The van der Waals surface area contributed by atoms with Crippen LogP contribution in [0.15, 0.2) is 41.8 Å². The number of nitrogen functional groups attached to an aromatic ring is 1. The van der Waals surface area contributed by atoms with Crippen LogP contribution in [-0.4, -0.2) is 24.5 Å². The Hall–Kier alpha value is -2.61. The molecule has 2 heterocycles. The van der Waals surface area contributed by atoms with E-state index in [0.717, 1.165) is 29.4 Å². The topological polar surface area (TPSA) is 94.5 Å². The van der Waals surface area contributed by atoms with Crippen LogP contribution in [0.3, 0.4) is 0 Å². The van der Waals surface area contributed by atoms with E-state index in [1.165, 1.54) is 0 Å². The van der Waals surface area contributed by atoms with Crippen LogP contribution in [0.5, 0.6) is 0 Å². The van der Waals surface area contributed by atoms with Crippen molar-refractivity contribution in [2.24, 2.45) is 0 Å². The van der Waals surface area contributed by atoms with Gasteiger partial charge in [0.2, 0.25) is 11.9 Å². The normalized spacial score (nSPS) is 10.8. The van der Waals surface area contributed by atoms with Crippen LogP contribution in [0.1, 0.15) is 24.7 Å². The third-order valence-electron chi connectivity index (χ3n) is 3.56. The highest BCUT2D eigenvalue weighted by Gasteiger charge is 2.09. The maximum absolute atomic E-state index is 5.85. The lowest BCUT2D eigenvalue weighted by Gasteiger charge is -2.09. The lowest BCUT2D eigenvalue weighted by Crippen LogP contribution is -2.07. The van der Waals surface area contributed by atoms with Gasteiger partial charge in [0, 0.05) is 24.6 Å². The molecule has 2 aromatic heterocycles. The van der Waals surface area contributed by atoms with E-state index in [2.05, 4.69) is 36.7 Å². The van der Waals surface area contributed by atoms with E-state index < -0.39 is 0 Å². The predicted octanol–water partition coefficient (Wildman–Crippen LogP) is 3.40. The number of imidazole rings is 1. The van der Waals surface area contributed by atoms with Crippen LogP contribution in [0.2, 0.25) is 0 Å². The molecule has 130 valence electrons. The van der Waals surface area contributed by atoms with Gasteiger partial charge < -0.3 is 15.6 Å². The molecular formula is C17H21N7S. The molecule has 3 aromatic rings. The first kappa shape index (κ1) is 17.2. The monoisotopic (exact) mass is 355 g/mol. The second-order valence-electron chi connectivity index (χ2n) is 5.57. The molecule has 0 aliphatic rings. The lowest BCUT2D eigenvalue weighted by molar-refractivity contribution is 0.620. The minimum absolute atomic E-state index is 0.207. The fourth-order valence-electron chi connectivity index (χ4n) is 2.37. The molecule has 0 radical (unpaired) electrons. The zero-order valence-corrected chi connectivity index (χ0v) is 15.1. The maximum atomic E-state index is 5.85. The number of aryl methyl sites for hydroxylation is 2. The van der Waals surface area contributed by atoms with Crippen molar-refractivity contribution in [2.45, 2.75) is 37.7 Å². The molecule has 0 aliphatic carbocycles. The first-order valence-corrected chi connectivity index (χ1v) is 9.11. The van der Waals surface area contributed by atoms with Crippen LogP contribution in [0.25, 0.3) is 0 Å². The van der Waals surface area contributed by atoms with Crippen molar-refractivity contribution >= 4 is 29.3 Å². The molecule has 0 bridgehead atoms. The van der Waals surface area contributed by atoms with Crippen LogP contribution in [0, 0.1) is 6.92 Å². The minimum Gasteiger partial charge on any atom is -0.368 e. The van der Waals surface area contributed by atoms with Gasteiger partial charge in [-0.05, 0) is 25.0 Å². The summed E-state index contributed by atoms with van der Waals surface area (Å²) in [5.74, 6) is 1.86. The Morgan fingerprint density at radius 2 is 2.04 bits per heavy atom. The summed E-state index contributed by atoms with van der Waals surface area (Å²) in [4.78, 5) is 17.3. The molecular weight excluding hydrogens is 334 g/mol. The van der Waals surface area contributed by atoms with Crippen LogP contribution in [-0.2, 0) is 12.3 Å². The number of nitrogens with one attached hydrogen (secondary N) is 1. The number of nitrogens with two attached hydrogens (primary N) is 1. The van der Waals surface area contributed by atoms with E-state index in [-0.39, 0.29) is 5.95 Å². The number of thioether (sulfide) groups is 1. The summed E-state index contributed by atoms with van der Waals surface area (Å²) >= 11 is 1.59. The van der Waals surface area contributed by atoms with Crippen molar-refractivity contribution in [3.63, 3.8) is 0 Å². The highest BCUT2D eigenvalue weighted by atomic mass is 32.2. The summed E-state index contributed by atoms with van der Waals surface area (Å²) < 4.78 is 2.13. The second-order valence-corrected chi connectivity index (χ2v) is 6.51. The highest BCUT2D eigenvalue weighted by molar-refractivity contribution is 7.98. The molecule has 7 nitrogen and oxygen atoms in total. The van der Waals surface area contributed by atoms with Crippen LogP contribution in [0.4, 0.5) is 17.6 Å². The van der Waals surface area contributed by atoms with Gasteiger partial charge in [0.25, 0.3) is 0 Å². The average molecular weight is 355 g/mol. The maximum Gasteiger partial charge on any atom is 0.232 e. The van der Waals surface area contributed by atoms with E-state index >= 15 is 0 Å². The molecule has 0 spiro atoms. The second kappa shape index (κ2) is 7.98. The molecule has 0 atom stereocenters. The first-order valence-electron chi connectivity index (χ1n) is 8.12. The van der Waals surface area contributed by atoms with Gasteiger partial charge in [-0.1, -0.05) is 36.9 Å². The Bertz CT molecular complexity index is 847. The SMILES string of the molecule is CCCn1ccnc1SCc1nc(N)nc(Nc2ccccc2C)n1. The minimum atomic E-state index is 0.207. The third kappa shape index (κ3) is 4.48. The van der Waals surface area contributed by atoms with Gasteiger partial charge in [-0.15, -0.1) is 0 Å². The molecule has 0 amide bonds. The number of rotatable bonds is 7. The quantitative estimate of drug-likeness (QED) is 0.627. The van der Waals surface area contributed by atoms with E-state index in [4.69, 9.17) is 5.73 Å². The van der Waals surface area contributed by atoms with Gasteiger partial charge in [0.1, 0.15) is 5.82 Å². The fourth-order valence-corrected chi connectivity index (χ4v) is 3.21. The first-order chi connectivity index (χ1) is 12.2. The van der Waals surface area contributed by atoms with Gasteiger partial charge in [-0.25, -0.2) is 4.98 Å². The van der Waals surface area contributed by atoms with Crippen molar-refractivity contribution < 1.29 is 0 Å². The standard InChI is InChI=1S/C17H21N7S/c1-3-9-24-10-8-19-17(24)25-11-14-21-15(18)23-16(22-14)20-13-7-5-4-6-12(13)2/h4-8,10H,3,9,11H2,1-2H3,(H3,18,20,21,22,23). The molecule has 0 aliphatic heterocycles. The number of hydrogen-bond donors (Lipinski definition) is 2. The van der Waals surface area contributed by atoms with Gasteiger partial charge in [-0.3, -0.25) is 0 Å². The smallest absolute Gasteiger partial charge is 0.232 e. The van der Waals surface area contributed by atoms with Crippen LogP contribution >= 0.6 is 11.8 Å². The summed E-state index contributed by atoms with van der Waals surface area (Å²) in [6.45, 7) is 5.11. The van der Waals surface area contributed by atoms with Crippen LogP contribution < -0.4 is 11.1 Å². The Kier molecular flexibility index (Phi) is 5.49. The zero-order chi connectivity index (χ0) is 17.6. The van der Waals surface area contributed by atoms with Gasteiger partial charge in [-0.2, -0.15) is 15.0 Å². The summed E-state index contributed by atoms with van der Waals surface area (Å²) in [5.41, 5.74) is 7.90. The van der Waals surface area contributed by atoms with E-state index in [1.807, 2.05) is 43.6 Å². The van der Waals surface area contributed by atoms with Crippen molar-refractivity contribution in [1.29, 1.82) is 0 Å². The summed E-state index contributed by atoms with van der Waals surface area (Å²) in [5, 5.41) is 4.16. The Labute approximate surface area is 151 Å². The van der Waals surface area contributed by atoms with Crippen molar-refractivity contribution in [2.75, 3.05) is 11.1 Å². The molecule has 1 aromatic carbocycles. The number of aromatic nitrogens is 5. The van der Waals surface area contributed by atoms with Crippen molar-refractivity contribution in [3.05, 3.63) is 48.0 Å². The van der Waals surface area contributed by atoms with Crippen molar-refractivity contribution in [1.82, 2.24) is 24.5 Å². The predicted molar refractivity (Wildman–Crippen MR) is 101 cm³/mol. The number of anilines is 3.